The zero-order valence-corrected chi connectivity index (χ0v) is 12.2. The van der Waals surface area contributed by atoms with Crippen LogP contribution in [0.1, 0.15) is 11.1 Å². The van der Waals surface area contributed by atoms with Crippen LogP contribution in [0, 0.1) is 0 Å². The van der Waals surface area contributed by atoms with Crippen molar-refractivity contribution in [3.8, 4) is 11.1 Å². The fourth-order valence-electron chi connectivity index (χ4n) is 2.46. The second-order valence-corrected chi connectivity index (χ2v) is 5.14. The fourth-order valence-corrected chi connectivity index (χ4v) is 2.46. The van der Waals surface area contributed by atoms with Gasteiger partial charge in [-0.3, -0.25) is 0 Å². The molecule has 0 amide bonds. The molecule has 0 spiro atoms. The van der Waals surface area contributed by atoms with Gasteiger partial charge in [0.1, 0.15) is 0 Å². The van der Waals surface area contributed by atoms with E-state index in [9.17, 15) is 0 Å². The summed E-state index contributed by atoms with van der Waals surface area (Å²) < 4.78 is 0. The number of hydrogen-bond donors (Lipinski definition) is 2. The Morgan fingerprint density at radius 2 is 1.27 bits per heavy atom. The monoisotopic (exact) mass is 286 g/mol. The number of para-hydroxylation sites is 1. The van der Waals surface area contributed by atoms with Gasteiger partial charge in [0.25, 0.3) is 0 Å². The minimum Gasteiger partial charge on any atom is -0.397 e. The third-order valence-corrected chi connectivity index (χ3v) is 3.65. The van der Waals surface area contributed by atoms with E-state index in [-0.39, 0.29) is 0 Å². The van der Waals surface area contributed by atoms with Gasteiger partial charge in [-0.25, -0.2) is 0 Å². The Kier molecular flexibility index (Phi) is 3.92. The van der Waals surface area contributed by atoms with E-state index in [0.29, 0.717) is 11.4 Å². The van der Waals surface area contributed by atoms with Crippen molar-refractivity contribution in [1.82, 2.24) is 0 Å². The Morgan fingerprint density at radius 3 is 2.09 bits per heavy atom. The highest BCUT2D eigenvalue weighted by atomic mass is 14.7. The maximum Gasteiger partial charge on any atom is 0.0627 e. The molecular weight excluding hydrogens is 268 g/mol. The molecule has 4 N–H and O–H groups in total. The highest BCUT2D eigenvalue weighted by Gasteiger charge is 2.07. The predicted octanol–water partition coefficient (Wildman–Crippen LogP) is 4.69. The minimum absolute atomic E-state index is 0.611. The summed E-state index contributed by atoms with van der Waals surface area (Å²) in [4.78, 5) is 0. The molecule has 2 nitrogen and oxygen atoms in total. The van der Waals surface area contributed by atoms with Gasteiger partial charge in [0.2, 0.25) is 0 Å². The zero-order chi connectivity index (χ0) is 15.4. The van der Waals surface area contributed by atoms with Crippen molar-refractivity contribution in [2.24, 2.45) is 0 Å². The van der Waals surface area contributed by atoms with Crippen molar-refractivity contribution in [2.45, 2.75) is 0 Å². The van der Waals surface area contributed by atoms with E-state index in [1.54, 1.807) is 0 Å². The van der Waals surface area contributed by atoms with Gasteiger partial charge in [-0.2, -0.15) is 0 Å². The molecule has 0 heterocycles. The van der Waals surface area contributed by atoms with Crippen molar-refractivity contribution in [3.05, 3.63) is 83.9 Å². The minimum atomic E-state index is 0.611. The molecule has 0 aromatic heterocycles. The first kappa shape index (κ1) is 14.0. The lowest BCUT2D eigenvalue weighted by molar-refractivity contribution is 1.58. The van der Waals surface area contributed by atoms with Crippen molar-refractivity contribution in [3.63, 3.8) is 0 Å². The summed E-state index contributed by atoms with van der Waals surface area (Å²) in [5.41, 5.74) is 17.6. The zero-order valence-electron chi connectivity index (χ0n) is 12.2. The van der Waals surface area contributed by atoms with Crippen LogP contribution in [0.3, 0.4) is 0 Å². The number of hydrogen-bond acceptors (Lipinski definition) is 2. The van der Waals surface area contributed by atoms with Crippen LogP contribution in [0.5, 0.6) is 0 Å². The molecule has 0 radical (unpaired) electrons. The fraction of sp³-hybridized carbons (Fsp3) is 0. The van der Waals surface area contributed by atoms with Crippen LogP contribution in [-0.4, -0.2) is 0 Å². The lowest BCUT2D eigenvalue weighted by Gasteiger charge is -2.11. The van der Waals surface area contributed by atoms with Gasteiger partial charge in [-0.15, -0.1) is 0 Å². The number of anilines is 2. The SMILES string of the molecule is Nc1cccc(-c2ccccc2C=Cc2ccccc2)c1N. The summed E-state index contributed by atoms with van der Waals surface area (Å²) in [7, 11) is 0. The highest BCUT2D eigenvalue weighted by Crippen LogP contribution is 2.33. The van der Waals surface area contributed by atoms with Gasteiger partial charge in [0.05, 0.1) is 11.4 Å². The van der Waals surface area contributed by atoms with Crippen LogP contribution in [0.15, 0.2) is 72.8 Å². The molecule has 108 valence electrons. The molecule has 0 fully saturated rings. The topological polar surface area (TPSA) is 52.0 Å². The Bertz CT molecular complexity index is 805. The molecule has 3 aromatic carbocycles. The Morgan fingerprint density at radius 1 is 0.591 bits per heavy atom. The normalized spacial score (nSPS) is 10.9. The van der Waals surface area contributed by atoms with Gasteiger partial charge in [0, 0.05) is 5.56 Å². The second-order valence-electron chi connectivity index (χ2n) is 5.14. The summed E-state index contributed by atoms with van der Waals surface area (Å²) in [5.74, 6) is 0. The maximum atomic E-state index is 6.14. The molecule has 0 saturated heterocycles. The van der Waals surface area contributed by atoms with E-state index >= 15 is 0 Å². The molecular formula is C20H18N2. The van der Waals surface area contributed by atoms with Crippen molar-refractivity contribution in [1.29, 1.82) is 0 Å². The summed E-state index contributed by atoms with van der Waals surface area (Å²) >= 11 is 0. The second kappa shape index (κ2) is 6.19. The highest BCUT2D eigenvalue weighted by molar-refractivity contribution is 5.89. The lowest BCUT2D eigenvalue weighted by Crippen LogP contribution is -1.97. The van der Waals surface area contributed by atoms with Gasteiger partial charge in [-0.1, -0.05) is 78.9 Å². The quantitative estimate of drug-likeness (QED) is 0.542. The van der Waals surface area contributed by atoms with Crippen LogP contribution in [0.2, 0.25) is 0 Å². The lowest BCUT2D eigenvalue weighted by atomic mass is 9.97. The molecule has 0 aliphatic rings. The van der Waals surface area contributed by atoms with Gasteiger partial charge in [-0.05, 0) is 22.8 Å². The van der Waals surface area contributed by atoms with Crippen LogP contribution < -0.4 is 11.5 Å². The Balaban J connectivity index is 2.04. The summed E-state index contributed by atoms with van der Waals surface area (Å²) in [5, 5.41) is 0. The van der Waals surface area contributed by atoms with E-state index in [1.165, 1.54) is 0 Å². The van der Waals surface area contributed by atoms with Crippen LogP contribution in [-0.2, 0) is 0 Å². The summed E-state index contributed by atoms with van der Waals surface area (Å²) in [6.45, 7) is 0. The van der Waals surface area contributed by atoms with Gasteiger partial charge in [0.15, 0.2) is 0 Å². The average molecular weight is 286 g/mol. The van der Waals surface area contributed by atoms with Crippen molar-refractivity contribution < 1.29 is 0 Å². The maximum absolute atomic E-state index is 6.14. The molecule has 3 rings (SSSR count). The first-order chi connectivity index (χ1) is 10.8. The molecule has 0 aliphatic carbocycles. The molecule has 2 heteroatoms. The smallest absolute Gasteiger partial charge is 0.0627 e. The first-order valence-corrected chi connectivity index (χ1v) is 7.22. The average Bonchev–Trinajstić information content (AvgIpc) is 2.57. The number of nitrogen functional groups attached to an aromatic ring is 2. The number of rotatable bonds is 3. The molecule has 0 saturated carbocycles. The third kappa shape index (κ3) is 2.86. The first-order valence-electron chi connectivity index (χ1n) is 7.22. The van der Waals surface area contributed by atoms with E-state index < -0.39 is 0 Å². The van der Waals surface area contributed by atoms with E-state index in [1.807, 2.05) is 48.5 Å². The summed E-state index contributed by atoms with van der Waals surface area (Å²) in [6, 6.07) is 24.2. The molecule has 3 aromatic rings. The largest absolute Gasteiger partial charge is 0.397 e. The predicted molar refractivity (Wildman–Crippen MR) is 96.1 cm³/mol. The van der Waals surface area contributed by atoms with Gasteiger partial charge >= 0.3 is 0 Å². The molecule has 0 aliphatic heterocycles. The van der Waals surface area contributed by atoms with Crippen molar-refractivity contribution >= 4 is 23.5 Å². The van der Waals surface area contributed by atoms with Crippen LogP contribution >= 0.6 is 0 Å². The Hall–Kier alpha value is -3.00. The standard InChI is InChI=1S/C20H18N2/c21-19-12-6-11-18(20(19)22)17-10-5-4-9-16(17)14-13-15-7-2-1-3-8-15/h1-14H,21-22H2. The third-order valence-electron chi connectivity index (χ3n) is 3.65. The number of benzene rings is 3. The van der Waals surface area contributed by atoms with E-state index in [4.69, 9.17) is 11.5 Å². The molecule has 0 unspecified atom stereocenters. The number of nitrogens with two attached hydrogens (primary N) is 2. The van der Waals surface area contributed by atoms with E-state index in [0.717, 1.165) is 22.3 Å². The molecule has 0 atom stereocenters. The van der Waals surface area contributed by atoms with E-state index in [2.05, 4.69) is 36.4 Å². The Labute approximate surface area is 130 Å². The van der Waals surface area contributed by atoms with Gasteiger partial charge < -0.3 is 11.5 Å². The molecule has 0 bridgehead atoms. The molecule has 22 heavy (non-hydrogen) atoms. The van der Waals surface area contributed by atoms with Crippen molar-refractivity contribution in [2.75, 3.05) is 11.5 Å². The van der Waals surface area contributed by atoms with Crippen LogP contribution in [0.4, 0.5) is 11.4 Å². The summed E-state index contributed by atoms with van der Waals surface area (Å²) in [6.07, 6.45) is 4.20. The van der Waals surface area contributed by atoms with Crippen LogP contribution in [0.25, 0.3) is 23.3 Å².